The molecule has 0 aliphatic rings. The Kier molecular flexibility index (Phi) is 48.3. The third-order valence-electron chi connectivity index (χ3n) is 11.8. The van der Waals surface area contributed by atoms with Crippen molar-refractivity contribution in [3.8, 4) is 0 Å². The van der Waals surface area contributed by atoms with Crippen molar-refractivity contribution >= 4 is 13.8 Å². The van der Waals surface area contributed by atoms with E-state index < -0.39 is 13.9 Å². The van der Waals surface area contributed by atoms with E-state index in [0.29, 0.717) is 24.1 Å². The highest BCUT2D eigenvalue weighted by Gasteiger charge is 2.20. The number of rotatable bonds is 51. The van der Waals surface area contributed by atoms with Gasteiger partial charge < -0.3 is 27.9 Å². The fourth-order valence-corrected chi connectivity index (χ4v) is 8.36. The van der Waals surface area contributed by atoms with Crippen LogP contribution < -0.4 is 4.89 Å². The van der Waals surface area contributed by atoms with Crippen LogP contribution in [0.3, 0.4) is 0 Å². The lowest BCUT2D eigenvalue weighted by atomic mass is 10.0. The summed E-state index contributed by atoms with van der Waals surface area (Å²) in [6.45, 7) is 5.32. The van der Waals surface area contributed by atoms with Crippen molar-refractivity contribution in [2.24, 2.45) is 0 Å². The maximum atomic E-state index is 12.8. The van der Waals surface area contributed by atoms with Crippen LogP contribution in [0.2, 0.25) is 0 Å². The lowest BCUT2D eigenvalue weighted by Crippen LogP contribution is -2.37. The van der Waals surface area contributed by atoms with Crippen LogP contribution in [0.25, 0.3) is 0 Å². The number of quaternary nitrogens is 1. The van der Waals surface area contributed by atoms with Gasteiger partial charge in [0.15, 0.2) is 0 Å². The summed E-state index contributed by atoms with van der Waals surface area (Å²) in [6.07, 6.45) is 63.9. The van der Waals surface area contributed by atoms with Gasteiger partial charge in [-0.05, 0) is 57.8 Å². The molecular formula is C57H106NO7P. The second kappa shape index (κ2) is 49.6. The zero-order valence-corrected chi connectivity index (χ0v) is 44.8. The molecule has 66 heavy (non-hydrogen) atoms. The Balaban J connectivity index is 4.12. The summed E-state index contributed by atoms with van der Waals surface area (Å²) in [4.78, 5) is 25.2. The van der Waals surface area contributed by atoms with E-state index in [0.717, 1.165) is 77.0 Å². The number of allylic oxidation sites excluding steroid dienone is 10. The number of likely N-dealkylation sites (N-methyl/N-ethyl adjacent to an activating group) is 1. The molecule has 0 N–H and O–H groups in total. The van der Waals surface area contributed by atoms with E-state index in [1.54, 1.807) is 0 Å². The predicted molar refractivity (Wildman–Crippen MR) is 282 cm³/mol. The molecule has 0 radical (unpaired) electrons. The van der Waals surface area contributed by atoms with Crippen LogP contribution in [-0.4, -0.2) is 70.7 Å². The Bertz CT molecular complexity index is 1240. The molecule has 0 heterocycles. The first-order valence-electron chi connectivity index (χ1n) is 27.5. The molecule has 0 saturated heterocycles. The van der Waals surface area contributed by atoms with Gasteiger partial charge >= 0.3 is 5.97 Å². The molecule has 0 bridgehead atoms. The van der Waals surface area contributed by atoms with Gasteiger partial charge in [-0.2, -0.15) is 0 Å². The SMILES string of the molecule is CC/C=C\C/C=C\C/C=C\C/C=C\C/C=C\CCCCCCCCCC(=O)OC(COCCCCCCCCCCCCCCCCCCCCCCC)COP(=O)([O-])OCC[N+](C)(C)C. The number of carbonyl (C=O) groups is 1. The Morgan fingerprint density at radius 3 is 1.32 bits per heavy atom. The molecule has 0 aromatic rings. The quantitative estimate of drug-likeness (QED) is 0.0197. The maximum Gasteiger partial charge on any atom is 0.306 e. The molecule has 0 aliphatic heterocycles. The smallest absolute Gasteiger partial charge is 0.306 e. The van der Waals surface area contributed by atoms with E-state index in [-0.39, 0.29) is 25.8 Å². The van der Waals surface area contributed by atoms with Crippen LogP contribution in [0.4, 0.5) is 0 Å². The largest absolute Gasteiger partial charge is 0.756 e. The number of nitrogens with zero attached hydrogens (tertiary/aromatic N) is 1. The Morgan fingerprint density at radius 2 is 0.879 bits per heavy atom. The van der Waals surface area contributed by atoms with Crippen LogP contribution in [0.5, 0.6) is 0 Å². The van der Waals surface area contributed by atoms with E-state index in [1.165, 1.54) is 141 Å². The van der Waals surface area contributed by atoms with Crippen LogP contribution >= 0.6 is 7.82 Å². The van der Waals surface area contributed by atoms with E-state index >= 15 is 0 Å². The highest BCUT2D eigenvalue weighted by Crippen LogP contribution is 2.38. The minimum atomic E-state index is -4.54. The molecule has 0 fully saturated rings. The summed E-state index contributed by atoms with van der Waals surface area (Å²) in [5, 5.41) is 0. The molecule has 386 valence electrons. The summed E-state index contributed by atoms with van der Waals surface area (Å²) < 4.78 is 34.8. The minimum Gasteiger partial charge on any atom is -0.756 e. The number of phosphoric acid groups is 1. The molecule has 2 atom stereocenters. The van der Waals surface area contributed by atoms with E-state index in [4.69, 9.17) is 18.5 Å². The average Bonchev–Trinajstić information content (AvgIpc) is 3.28. The van der Waals surface area contributed by atoms with Crippen molar-refractivity contribution in [2.75, 3.05) is 54.1 Å². The van der Waals surface area contributed by atoms with Gasteiger partial charge in [0.05, 0.1) is 34.4 Å². The normalized spacial score (nSPS) is 14.0. The maximum absolute atomic E-state index is 12.8. The van der Waals surface area contributed by atoms with E-state index in [9.17, 15) is 14.3 Å². The fraction of sp³-hybridized carbons (Fsp3) is 0.807. The van der Waals surface area contributed by atoms with Crippen molar-refractivity contribution < 1.29 is 37.3 Å². The monoisotopic (exact) mass is 948 g/mol. The molecule has 0 saturated carbocycles. The molecule has 0 amide bonds. The second-order valence-corrected chi connectivity index (χ2v) is 21.0. The van der Waals surface area contributed by atoms with Crippen LogP contribution in [0.1, 0.15) is 239 Å². The zero-order valence-electron chi connectivity index (χ0n) is 43.9. The number of phosphoric ester groups is 1. The van der Waals surface area contributed by atoms with Gasteiger partial charge in [-0.15, -0.1) is 0 Å². The Morgan fingerprint density at radius 1 is 0.485 bits per heavy atom. The number of unbranched alkanes of at least 4 members (excludes halogenated alkanes) is 27. The van der Waals surface area contributed by atoms with Crippen molar-refractivity contribution in [1.29, 1.82) is 0 Å². The zero-order chi connectivity index (χ0) is 48.3. The number of hydrogen-bond acceptors (Lipinski definition) is 7. The lowest BCUT2D eigenvalue weighted by Gasteiger charge is -2.28. The second-order valence-electron chi connectivity index (χ2n) is 19.6. The lowest BCUT2D eigenvalue weighted by molar-refractivity contribution is -0.870. The fourth-order valence-electron chi connectivity index (χ4n) is 7.63. The van der Waals surface area contributed by atoms with Crippen LogP contribution in [-0.2, 0) is 27.9 Å². The van der Waals surface area contributed by atoms with Crippen molar-refractivity contribution in [1.82, 2.24) is 0 Å². The van der Waals surface area contributed by atoms with Crippen LogP contribution in [0, 0.1) is 0 Å². The van der Waals surface area contributed by atoms with Gasteiger partial charge in [0.2, 0.25) is 0 Å². The summed E-state index contributed by atoms with van der Waals surface area (Å²) in [5.74, 6) is -0.343. The predicted octanol–water partition coefficient (Wildman–Crippen LogP) is 16.6. The van der Waals surface area contributed by atoms with Crippen LogP contribution in [0.15, 0.2) is 60.8 Å². The van der Waals surface area contributed by atoms with Gasteiger partial charge in [-0.3, -0.25) is 9.36 Å². The molecule has 0 aliphatic carbocycles. The van der Waals surface area contributed by atoms with Crippen molar-refractivity contribution in [3.05, 3.63) is 60.8 Å². The van der Waals surface area contributed by atoms with Gasteiger partial charge in [0.25, 0.3) is 7.82 Å². The van der Waals surface area contributed by atoms with Gasteiger partial charge in [0.1, 0.15) is 19.3 Å². The molecule has 0 aromatic heterocycles. The minimum absolute atomic E-state index is 0.0228. The van der Waals surface area contributed by atoms with Gasteiger partial charge in [0, 0.05) is 13.0 Å². The number of carbonyl (C=O) groups excluding carboxylic acids is 1. The third-order valence-corrected chi connectivity index (χ3v) is 12.8. The third kappa shape index (κ3) is 53.2. The number of hydrogen-bond donors (Lipinski definition) is 0. The Hall–Kier alpha value is -1.80. The highest BCUT2D eigenvalue weighted by atomic mass is 31.2. The van der Waals surface area contributed by atoms with Gasteiger partial charge in [-0.1, -0.05) is 235 Å². The number of esters is 1. The summed E-state index contributed by atoms with van der Waals surface area (Å²) in [7, 11) is 1.35. The van der Waals surface area contributed by atoms with E-state index in [2.05, 4.69) is 74.6 Å². The molecule has 0 spiro atoms. The summed E-state index contributed by atoms with van der Waals surface area (Å²) in [6, 6.07) is 0. The Labute approximate surface area is 409 Å². The molecule has 8 nitrogen and oxygen atoms in total. The summed E-state index contributed by atoms with van der Waals surface area (Å²) >= 11 is 0. The topological polar surface area (TPSA) is 94.1 Å². The number of ether oxygens (including phenoxy) is 2. The first-order valence-corrected chi connectivity index (χ1v) is 29.0. The molecule has 2 unspecified atom stereocenters. The molecule has 9 heteroatoms. The average molecular weight is 948 g/mol. The standard InChI is InChI=1S/C57H106NO7P/c1-6-8-10-12-14-16-18-20-22-24-26-28-29-30-32-34-36-38-40-42-44-46-48-50-57(59)65-56(55-64-66(60,61)63-53-51-58(3,4)5)54-62-52-49-47-45-43-41-39-37-35-33-31-27-25-23-21-19-17-15-13-11-9-7-2/h8,10,14,16,20,22,26,28,30,32,56H,6-7,9,11-13,15,17-19,21,23-25,27,29,31,33-55H2,1-5H3/b10-8-,16-14-,22-20-,28-26-,32-30-. The first kappa shape index (κ1) is 64.2. The highest BCUT2D eigenvalue weighted by molar-refractivity contribution is 7.45. The van der Waals surface area contributed by atoms with Crippen molar-refractivity contribution in [2.45, 2.75) is 245 Å². The van der Waals surface area contributed by atoms with Gasteiger partial charge in [-0.25, -0.2) is 0 Å². The summed E-state index contributed by atoms with van der Waals surface area (Å²) in [5.41, 5.74) is 0. The van der Waals surface area contributed by atoms with Crippen molar-refractivity contribution in [3.63, 3.8) is 0 Å². The molecule has 0 rings (SSSR count). The first-order chi connectivity index (χ1) is 32.1. The van der Waals surface area contributed by atoms with E-state index in [1.807, 2.05) is 21.1 Å². The molecular weight excluding hydrogens is 842 g/mol. The molecule has 0 aromatic carbocycles.